The van der Waals surface area contributed by atoms with Gasteiger partial charge in [-0.1, -0.05) is 98.1 Å². The summed E-state index contributed by atoms with van der Waals surface area (Å²) >= 11 is 0. The normalized spacial score (nSPS) is 23.8. The Balaban J connectivity index is 0.000000311. The molecule has 0 heterocycles. The van der Waals surface area contributed by atoms with Gasteiger partial charge in [0, 0.05) is 11.4 Å². The fraction of sp³-hybridized carbons (Fsp3) is 0.479. The lowest BCUT2D eigenvalue weighted by molar-refractivity contribution is -0.0739. The van der Waals surface area contributed by atoms with E-state index in [-0.39, 0.29) is 12.1 Å². The second kappa shape index (κ2) is 28.2. The quantitative estimate of drug-likeness (QED) is 0.0881. The number of carbonyl (C=O) groups excluding carboxylic acids is 1. The Bertz CT molecular complexity index is 1480. The molecule has 8 heteroatoms. The number of esters is 1. The maximum Gasteiger partial charge on any atom is 0.338 e. The number of rotatable bonds is 4. The highest BCUT2D eigenvalue weighted by Crippen LogP contribution is 2.57. The van der Waals surface area contributed by atoms with Gasteiger partial charge in [-0.3, -0.25) is 0 Å². The van der Waals surface area contributed by atoms with E-state index in [1.807, 2.05) is 30.3 Å². The van der Waals surface area contributed by atoms with Crippen LogP contribution in [0.5, 0.6) is 0 Å². The van der Waals surface area contributed by atoms with Crippen LogP contribution in [0.25, 0.3) is 0 Å². The molecule has 8 rings (SSSR count). The van der Waals surface area contributed by atoms with Gasteiger partial charge < -0.3 is 39.1 Å². The van der Waals surface area contributed by atoms with Crippen molar-refractivity contribution >= 4 is 17.3 Å². The minimum absolute atomic E-state index is 0.127. The highest BCUT2D eigenvalue weighted by atomic mass is 16.5. The summed E-state index contributed by atoms with van der Waals surface area (Å²) in [6, 6.07) is 37.7. The molecular weight excluding hydrogens is 693 g/mol. The van der Waals surface area contributed by atoms with Gasteiger partial charge in [-0.25, -0.2) is 4.79 Å². The molecule has 7 unspecified atom stereocenters. The van der Waals surface area contributed by atoms with Crippen LogP contribution in [-0.2, 0) is 11.2 Å². The molecule has 0 aliphatic heterocycles. The lowest BCUT2D eigenvalue weighted by atomic mass is 9.50. The average Bonchev–Trinajstić information content (AvgIpc) is 3.28. The number of benzene rings is 4. The van der Waals surface area contributed by atoms with E-state index in [9.17, 15) is 4.79 Å². The van der Waals surface area contributed by atoms with Gasteiger partial charge in [0.25, 0.3) is 0 Å². The first-order valence-electron chi connectivity index (χ1n) is 20.8. The molecule has 4 aliphatic rings. The minimum atomic E-state index is -0.127. The molecule has 308 valence electrons. The highest BCUT2D eigenvalue weighted by Gasteiger charge is 2.49. The third-order valence-corrected chi connectivity index (χ3v) is 11.6. The maximum absolute atomic E-state index is 12.5. The van der Waals surface area contributed by atoms with E-state index in [0.29, 0.717) is 5.56 Å². The number of anilines is 2. The molecule has 4 saturated carbocycles. The van der Waals surface area contributed by atoms with Crippen molar-refractivity contribution in [3.8, 4) is 0 Å². The van der Waals surface area contributed by atoms with Gasteiger partial charge in [0.15, 0.2) is 0 Å². The standard InChI is InChI=1S/C25H34O2.C13H12.C6H8N2.4CH5N/c26-25(19-7-2-1-3-8-19)27-21-14-15-23-20(16-21)13-12-18-11-10-17-6-4-5-9-22(17)24(18)23;1-3-7-12(8-4-1)11-13-9-5-2-6-10-13;7-5-1-2-6(8)4-3-5;4*1-2/h1-3,7-8,17-18,20-24H,4-6,9-16H2;1-10H,11H2;1-4H,7-8H2;4*2H2,1H3. The summed E-state index contributed by atoms with van der Waals surface area (Å²) in [5.41, 5.74) is 33.7. The van der Waals surface area contributed by atoms with Gasteiger partial charge in [-0.15, -0.1) is 0 Å². The van der Waals surface area contributed by atoms with E-state index in [2.05, 4.69) is 83.6 Å². The third kappa shape index (κ3) is 15.4. The van der Waals surface area contributed by atoms with Crippen LogP contribution in [0.3, 0.4) is 0 Å². The summed E-state index contributed by atoms with van der Waals surface area (Å²) in [5, 5.41) is 0. The minimum Gasteiger partial charge on any atom is -0.459 e. The zero-order valence-corrected chi connectivity index (χ0v) is 34.8. The van der Waals surface area contributed by atoms with Crippen LogP contribution >= 0.6 is 0 Å². The lowest BCUT2D eigenvalue weighted by Crippen LogP contribution is -2.48. The molecule has 0 radical (unpaired) electrons. The largest absolute Gasteiger partial charge is 0.459 e. The molecule has 56 heavy (non-hydrogen) atoms. The third-order valence-electron chi connectivity index (χ3n) is 11.6. The number of ether oxygens (including phenoxy) is 1. The number of fused-ring (bicyclic) bond motifs is 5. The predicted molar refractivity (Wildman–Crippen MR) is 239 cm³/mol. The molecular formula is C48H74N6O2. The van der Waals surface area contributed by atoms with Crippen LogP contribution in [-0.4, -0.2) is 40.3 Å². The van der Waals surface area contributed by atoms with Crippen molar-refractivity contribution < 1.29 is 9.53 Å². The summed E-state index contributed by atoms with van der Waals surface area (Å²) in [7, 11) is 6.00. The Morgan fingerprint density at radius 2 is 0.929 bits per heavy atom. The van der Waals surface area contributed by atoms with Crippen molar-refractivity contribution in [2.75, 3.05) is 39.7 Å². The van der Waals surface area contributed by atoms with E-state index in [1.165, 1.54) is 97.1 Å². The van der Waals surface area contributed by atoms with Crippen LogP contribution in [0.1, 0.15) is 92.1 Å². The zero-order valence-electron chi connectivity index (χ0n) is 34.8. The number of nitrogen functional groups attached to an aromatic ring is 2. The summed E-state index contributed by atoms with van der Waals surface area (Å²) in [6.07, 6.45) is 16.4. The van der Waals surface area contributed by atoms with Gasteiger partial charge >= 0.3 is 5.97 Å². The van der Waals surface area contributed by atoms with Crippen molar-refractivity contribution in [1.29, 1.82) is 0 Å². The average molecular weight is 767 g/mol. The molecule has 0 spiro atoms. The molecule has 0 amide bonds. The molecule has 12 N–H and O–H groups in total. The van der Waals surface area contributed by atoms with E-state index in [4.69, 9.17) is 16.2 Å². The van der Waals surface area contributed by atoms with E-state index < -0.39 is 0 Å². The van der Waals surface area contributed by atoms with Crippen molar-refractivity contribution in [2.24, 2.45) is 58.4 Å². The summed E-state index contributed by atoms with van der Waals surface area (Å²) in [6.45, 7) is 0. The van der Waals surface area contributed by atoms with Gasteiger partial charge in [-0.05, 0) is 169 Å². The Labute approximate surface area is 339 Å². The van der Waals surface area contributed by atoms with Gasteiger partial charge in [0.1, 0.15) is 6.10 Å². The second-order valence-corrected chi connectivity index (χ2v) is 14.6. The molecule has 4 aliphatic carbocycles. The van der Waals surface area contributed by atoms with Gasteiger partial charge in [0.2, 0.25) is 0 Å². The molecule has 0 bridgehead atoms. The first-order chi connectivity index (χ1) is 27.5. The van der Waals surface area contributed by atoms with E-state index in [0.717, 1.165) is 66.1 Å². The Morgan fingerprint density at radius 3 is 1.45 bits per heavy atom. The summed E-state index contributed by atoms with van der Waals surface area (Å²) < 4.78 is 5.93. The smallest absolute Gasteiger partial charge is 0.338 e. The Morgan fingerprint density at radius 1 is 0.500 bits per heavy atom. The van der Waals surface area contributed by atoms with Crippen molar-refractivity contribution in [1.82, 2.24) is 0 Å². The first-order valence-corrected chi connectivity index (χ1v) is 20.8. The molecule has 7 atom stereocenters. The predicted octanol–water partition coefficient (Wildman–Crippen LogP) is 8.68. The maximum atomic E-state index is 12.5. The fourth-order valence-electron chi connectivity index (χ4n) is 9.41. The highest BCUT2D eigenvalue weighted by molar-refractivity contribution is 5.89. The topological polar surface area (TPSA) is 182 Å². The number of nitrogens with two attached hydrogens (primary N) is 6. The summed E-state index contributed by atoms with van der Waals surface area (Å²) in [5.74, 6) is 5.65. The molecule has 0 saturated heterocycles. The number of hydrogen-bond acceptors (Lipinski definition) is 8. The number of carbonyl (C=O) groups is 1. The van der Waals surface area contributed by atoms with Gasteiger partial charge in [-0.2, -0.15) is 0 Å². The molecule has 8 nitrogen and oxygen atoms in total. The van der Waals surface area contributed by atoms with Crippen LogP contribution < -0.4 is 34.4 Å². The van der Waals surface area contributed by atoms with Gasteiger partial charge in [0.05, 0.1) is 5.56 Å². The number of hydrogen-bond donors (Lipinski definition) is 6. The SMILES string of the molecule is CN.CN.CN.CN.Nc1ccc(N)cc1.O=C(OC1CCC2C(CCC3CCC4CCCCC4C32)C1)c1ccccc1.c1ccc(Cc2ccccc2)cc1. The molecule has 4 fully saturated rings. The zero-order chi connectivity index (χ0) is 41.1. The molecule has 4 aromatic carbocycles. The van der Waals surface area contributed by atoms with Crippen LogP contribution in [0.15, 0.2) is 115 Å². The molecule has 4 aromatic rings. The van der Waals surface area contributed by atoms with E-state index >= 15 is 0 Å². The second-order valence-electron chi connectivity index (χ2n) is 14.6. The van der Waals surface area contributed by atoms with Crippen molar-refractivity contribution in [3.63, 3.8) is 0 Å². The monoisotopic (exact) mass is 767 g/mol. The van der Waals surface area contributed by atoms with Crippen molar-refractivity contribution in [3.05, 3.63) is 132 Å². The molecule has 0 aromatic heterocycles. The summed E-state index contributed by atoms with van der Waals surface area (Å²) in [4.78, 5) is 12.5. The Hall–Kier alpha value is -4.21. The van der Waals surface area contributed by atoms with Crippen LogP contribution in [0.4, 0.5) is 11.4 Å². The van der Waals surface area contributed by atoms with E-state index in [1.54, 1.807) is 24.3 Å². The van der Waals surface area contributed by atoms with Crippen molar-refractivity contribution in [2.45, 2.75) is 83.2 Å². The van der Waals surface area contributed by atoms with Crippen LogP contribution in [0.2, 0.25) is 0 Å². The fourth-order valence-corrected chi connectivity index (χ4v) is 9.41. The first kappa shape index (κ1) is 47.9. The Kier molecular flexibility index (Phi) is 24.2. The van der Waals surface area contributed by atoms with Crippen LogP contribution in [0, 0.1) is 35.5 Å². The lowest BCUT2D eigenvalue weighted by Gasteiger charge is -2.55.